The third-order valence-electron chi connectivity index (χ3n) is 6.13. The summed E-state index contributed by atoms with van der Waals surface area (Å²) in [7, 11) is -4.25. The second-order valence-electron chi connectivity index (χ2n) is 8.10. The van der Waals surface area contributed by atoms with Crippen molar-refractivity contribution >= 4 is 21.5 Å². The molecule has 2 aliphatic heterocycles. The fraction of sp³-hybridized carbons (Fsp3) is 0.115. The van der Waals surface area contributed by atoms with Crippen LogP contribution in [-0.2, 0) is 21.3 Å². The number of hydrogen-bond donors (Lipinski definition) is 1. The van der Waals surface area contributed by atoms with Crippen LogP contribution in [0.4, 0.5) is 10.1 Å². The van der Waals surface area contributed by atoms with Gasteiger partial charge >= 0.3 is 0 Å². The van der Waals surface area contributed by atoms with E-state index in [2.05, 4.69) is 6.07 Å². The number of rotatable bonds is 3. The van der Waals surface area contributed by atoms with Gasteiger partial charge in [-0.25, -0.2) is 12.8 Å². The predicted molar refractivity (Wildman–Crippen MR) is 127 cm³/mol. The molecule has 0 bridgehead atoms. The van der Waals surface area contributed by atoms with E-state index in [4.69, 9.17) is 10.5 Å². The molecule has 2 N–H and O–H groups in total. The van der Waals surface area contributed by atoms with Gasteiger partial charge in [-0.1, -0.05) is 54.6 Å². The lowest BCUT2D eigenvalue weighted by molar-refractivity contribution is 0.357. The third kappa shape index (κ3) is 3.25. The van der Waals surface area contributed by atoms with Crippen LogP contribution in [0.15, 0.2) is 89.2 Å². The van der Waals surface area contributed by atoms with Gasteiger partial charge in [0.2, 0.25) is 5.88 Å². The summed E-state index contributed by atoms with van der Waals surface area (Å²) in [5.74, 6) is -1.52. The summed E-state index contributed by atoms with van der Waals surface area (Å²) >= 11 is 0. The molecule has 0 unspecified atom stereocenters. The molecule has 0 saturated carbocycles. The number of aryl methyl sites for hydroxylation is 1. The minimum Gasteiger partial charge on any atom is -0.439 e. The number of benzene rings is 3. The van der Waals surface area contributed by atoms with Crippen molar-refractivity contribution in [1.29, 1.82) is 5.26 Å². The smallest absolute Gasteiger partial charge is 0.265 e. The van der Waals surface area contributed by atoms with Gasteiger partial charge in [0.05, 0.1) is 18.2 Å². The Morgan fingerprint density at radius 3 is 2.47 bits per heavy atom. The van der Waals surface area contributed by atoms with Crippen LogP contribution < -0.4 is 10.0 Å². The number of para-hydroxylation sites is 1. The lowest BCUT2D eigenvalue weighted by Gasteiger charge is -2.38. The van der Waals surface area contributed by atoms with E-state index in [1.165, 1.54) is 10.4 Å². The molecule has 8 heteroatoms. The fourth-order valence-electron chi connectivity index (χ4n) is 4.48. The minimum atomic E-state index is -4.25. The van der Waals surface area contributed by atoms with Gasteiger partial charge < -0.3 is 10.5 Å². The number of anilines is 1. The molecule has 5 rings (SSSR count). The van der Waals surface area contributed by atoms with Crippen molar-refractivity contribution in [1.82, 2.24) is 0 Å². The van der Waals surface area contributed by atoms with Gasteiger partial charge in [0.25, 0.3) is 10.0 Å². The number of sulfonamides is 1. The second-order valence-corrected chi connectivity index (χ2v) is 9.93. The summed E-state index contributed by atoms with van der Waals surface area (Å²) in [5, 5.41) is 9.93. The first-order valence-corrected chi connectivity index (χ1v) is 12.0. The maximum Gasteiger partial charge on any atom is 0.265 e. The average Bonchev–Trinajstić information content (AvgIpc) is 2.82. The summed E-state index contributed by atoms with van der Waals surface area (Å²) in [4.78, 5) is -0.0809. The zero-order valence-electron chi connectivity index (χ0n) is 18.2. The molecule has 0 saturated heterocycles. The molecule has 2 aliphatic rings. The maximum absolute atomic E-state index is 14.5. The van der Waals surface area contributed by atoms with Crippen LogP contribution in [0.1, 0.15) is 28.2 Å². The molecule has 2 heterocycles. The number of nitriles is 1. The van der Waals surface area contributed by atoms with E-state index in [-0.39, 0.29) is 34.2 Å². The topological polar surface area (TPSA) is 96.4 Å². The van der Waals surface area contributed by atoms with Crippen molar-refractivity contribution in [2.75, 3.05) is 4.31 Å². The molecule has 1 atom stereocenters. The molecule has 0 spiro atoms. The SMILES string of the molecule is Cc1ccccc1[C@@H]1C(C#N)=C(N)OC2=C1S(=O)(=O)N(Cc1ccccc1F)c1ccccc12. The zero-order chi connectivity index (χ0) is 24.0. The largest absolute Gasteiger partial charge is 0.439 e. The Balaban J connectivity index is 1.79. The van der Waals surface area contributed by atoms with Gasteiger partial charge in [-0.2, -0.15) is 5.26 Å². The van der Waals surface area contributed by atoms with Gasteiger partial charge in [-0.15, -0.1) is 0 Å². The molecule has 0 radical (unpaired) electrons. The standard InChI is InChI=1S/C26H20FN3O3S/c1-16-8-2-4-10-18(16)23-20(14-28)26(29)33-24-19-11-5-7-13-22(19)30(34(31,32)25(23)24)15-17-9-3-6-12-21(17)27/h2-13,23H,15,29H2,1H3/t23-/m1/s1. The molecule has 0 amide bonds. The first kappa shape index (κ1) is 21.7. The number of ether oxygens (including phenoxy) is 1. The van der Waals surface area contributed by atoms with Crippen LogP contribution in [0.3, 0.4) is 0 Å². The molecule has 0 fully saturated rings. The Morgan fingerprint density at radius 2 is 1.74 bits per heavy atom. The first-order chi connectivity index (χ1) is 16.3. The van der Waals surface area contributed by atoms with Gasteiger partial charge in [-0.05, 0) is 36.2 Å². The van der Waals surface area contributed by atoms with Crippen LogP contribution in [0.5, 0.6) is 0 Å². The molecule has 6 nitrogen and oxygen atoms in total. The van der Waals surface area contributed by atoms with Crippen molar-refractivity contribution in [2.45, 2.75) is 19.4 Å². The number of nitrogens with zero attached hydrogens (tertiary/aromatic N) is 2. The van der Waals surface area contributed by atoms with Gasteiger partial charge in [-0.3, -0.25) is 4.31 Å². The normalized spacial score (nSPS) is 18.6. The predicted octanol–water partition coefficient (Wildman–Crippen LogP) is 4.66. The van der Waals surface area contributed by atoms with E-state index in [0.29, 0.717) is 16.8 Å². The highest BCUT2D eigenvalue weighted by Crippen LogP contribution is 2.51. The van der Waals surface area contributed by atoms with Crippen molar-refractivity contribution in [3.05, 3.63) is 117 Å². The molecule has 0 aromatic heterocycles. The summed E-state index contributed by atoms with van der Waals surface area (Å²) in [6, 6.07) is 22.2. The highest BCUT2D eigenvalue weighted by Gasteiger charge is 2.47. The highest BCUT2D eigenvalue weighted by atomic mass is 32.2. The van der Waals surface area contributed by atoms with Crippen LogP contribution in [0.2, 0.25) is 0 Å². The van der Waals surface area contributed by atoms with Crippen molar-refractivity contribution < 1.29 is 17.5 Å². The lowest BCUT2D eigenvalue weighted by atomic mass is 9.86. The molecule has 3 aromatic carbocycles. The Bertz CT molecular complexity index is 1540. The van der Waals surface area contributed by atoms with Crippen LogP contribution in [0.25, 0.3) is 5.76 Å². The van der Waals surface area contributed by atoms with Gasteiger partial charge in [0.1, 0.15) is 22.4 Å². The Hall–Kier alpha value is -4.09. The van der Waals surface area contributed by atoms with Gasteiger partial charge in [0.15, 0.2) is 5.76 Å². The summed E-state index contributed by atoms with van der Waals surface area (Å²) in [5.41, 5.74) is 8.67. The summed E-state index contributed by atoms with van der Waals surface area (Å²) in [6.45, 7) is 1.63. The highest BCUT2D eigenvalue weighted by molar-refractivity contribution is 7.96. The van der Waals surface area contributed by atoms with Crippen LogP contribution in [-0.4, -0.2) is 8.42 Å². The van der Waals surface area contributed by atoms with Crippen LogP contribution in [0, 0.1) is 24.1 Å². The van der Waals surface area contributed by atoms with E-state index in [0.717, 1.165) is 5.56 Å². The summed E-state index contributed by atoms with van der Waals surface area (Å²) in [6.07, 6.45) is 0. The number of halogens is 1. The Morgan fingerprint density at radius 1 is 1.06 bits per heavy atom. The van der Waals surface area contributed by atoms with E-state index in [1.54, 1.807) is 54.6 Å². The van der Waals surface area contributed by atoms with E-state index < -0.39 is 21.8 Å². The first-order valence-electron chi connectivity index (χ1n) is 10.6. The zero-order valence-corrected chi connectivity index (χ0v) is 19.0. The van der Waals surface area contributed by atoms with Crippen molar-refractivity contribution in [2.24, 2.45) is 5.73 Å². The third-order valence-corrected chi connectivity index (χ3v) is 8.01. The number of nitrogens with two attached hydrogens (primary N) is 1. The second kappa shape index (κ2) is 8.04. The van der Waals surface area contributed by atoms with E-state index in [9.17, 15) is 18.1 Å². The average molecular weight is 474 g/mol. The Labute approximate surface area is 197 Å². The molecule has 170 valence electrons. The minimum absolute atomic E-state index is 0.0156. The molecule has 0 aliphatic carbocycles. The number of fused-ring (bicyclic) bond motifs is 2. The fourth-order valence-corrected chi connectivity index (χ4v) is 6.38. The monoisotopic (exact) mass is 473 g/mol. The molecular weight excluding hydrogens is 453 g/mol. The Kier molecular flexibility index (Phi) is 5.14. The lowest BCUT2D eigenvalue weighted by Crippen LogP contribution is -2.39. The quantitative estimate of drug-likeness (QED) is 0.597. The number of allylic oxidation sites excluding steroid dienone is 2. The summed E-state index contributed by atoms with van der Waals surface area (Å²) < 4.78 is 49.9. The molecule has 34 heavy (non-hydrogen) atoms. The van der Waals surface area contributed by atoms with Crippen molar-refractivity contribution in [3.63, 3.8) is 0 Å². The van der Waals surface area contributed by atoms with E-state index in [1.807, 2.05) is 19.1 Å². The van der Waals surface area contributed by atoms with Crippen molar-refractivity contribution in [3.8, 4) is 6.07 Å². The molecule has 3 aromatic rings. The number of hydrogen-bond acceptors (Lipinski definition) is 5. The molecular formula is C26H20FN3O3S. The van der Waals surface area contributed by atoms with Gasteiger partial charge in [0, 0.05) is 11.1 Å². The van der Waals surface area contributed by atoms with E-state index >= 15 is 0 Å². The van der Waals surface area contributed by atoms with Crippen LogP contribution >= 0.6 is 0 Å². The maximum atomic E-state index is 14.5.